The predicted octanol–water partition coefficient (Wildman–Crippen LogP) is 4.40. The third-order valence-corrected chi connectivity index (χ3v) is 10.1. The van der Waals surface area contributed by atoms with Crippen LogP contribution in [0.25, 0.3) is 0 Å². The number of benzene rings is 2. The quantitative estimate of drug-likeness (QED) is 0.152. The van der Waals surface area contributed by atoms with Gasteiger partial charge in [0.1, 0.15) is 9.49 Å². The highest BCUT2D eigenvalue weighted by molar-refractivity contribution is 7.87. The molecule has 4 N–H and O–H groups in total. The van der Waals surface area contributed by atoms with E-state index in [9.17, 15) is 25.9 Å². The first kappa shape index (κ1) is 30.2. The summed E-state index contributed by atoms with van der Waals surface area (Å²) < 4.78 is 65.1. The van der Waals surface area contributed by atoms with Crippen molar-refractivity contribution < 1.29 is 25.9 Å². The molecule has 0 saturated carbocycles. The Labute approximate surface area is 220 Å². The first-order valence-corrected chi connectivity index (χ1v) is 15.2. The Morgan fingerprint density at radius 3 is 1.33 bits per heavy atom. The highest BCUT2D eigenvalue weighted by Gasteiger charge is 2.40. The second-order valence-electron chi connectivity index (χ2n) is 9.24. The number of unbranched alkanes of at least 4 members (excludes halogenated alkanes) is 2. The lowest BCUT2D eigenvalue weighted by Gasteiger charge is -2.27. The Morgan fingerprint density at radius 1 is 0.694 bits per heavy atom. The van der Waals surface area contributed by atoms with Gasteiger partial charge in [-0.15, -0.1) is 0 Å². The monoisotopic (exact) mass is 556 g/mol. The molecule has 0 spiro atoms. The van der Waals surface area contributed by atoms with Crippen molar-refractivity contribution >= 4 is 37.6 Å². The molecule has 2 atom stereocenters. The van der Waals surface area contributed by atoms with Gasteiger partial charge >= 0.3 is 0 Å². The molecule has 8 nitrogen and oxygen atoms in total. The molecule has 0 radical (unpaired) electrons. The lowest BCUT2D eigenvalue weighted by atomic mass is 9.94. The molecule has 2 aromatic carbocycles. The van der Waals surface area contributed by atoms with Gasteiger partial charge in [-0.05, 0) is 75.7 Å². The van der Waals surface area contributed by atoms with Gasteiger partial charge in [0, 0.05) is 13.1 Å². The van der Waals surface area contributed by atoms with Crippen molar-refractivity contribution in [1.82, 2.24) is 10.6 Å². The predicted molar refractivity (Wildman–Crippen MR) is 147 cm³/mol. The maximum absolute atomic E-state index is 12.1. The lowest BCUT2D eigenvalue weighted by Crippen LogP contribution is -2.37. The van der Waals surface area contributed by atoms with Crippen LogP contribution in [0, 0.1) is 0 Å². The second-order valence-corrected chi connectivity index (χ2v) is 13.4. The second kappa shape index (κ2) is 13.0. The van der Waals surface area contributed by atoms with Crippen molar-refractivity contribution in [2.45, 2.75) is 61.9 Å². The van der Waals surface area contributed by atoms with E-state index in [1.165, 1.54) is 13.8 Å². The summed E-state index contributed by atoms with van der Waals surface area (Å²) in [6.07, 6.45) is 2.98. The van der Waals surface area contributed by atoms with Gasteiger partial charge in [-0.1, -0.05) is 60.7 Å². The number of hydrogen-bond donors (Lipinski definition) is 4. The van der Waals surface area contributed by atoms with E-state index in [0.717, 1.165) is 0 Å². The van der Waals surface area contributed by atoms with Crippen molar-refractivity contribution in [2.75, 3.05) is 13.1 Å². The molecule has 0 saturated heterocycles. The summed E-state index contributed by atoms with van der Waals surface area (Å²) in [5, 5.41) is 6.61. The van der Waals surface area contributed by atoms with Crippen molar-refractivity contribution in [3.8, 4) is 0 Å². The number of rotatable bonds is 14. The largest absolute Gasteiger partial charge is 0.363 e. The molecule has 2 rings (SSSR count). The molecule has 200 valence electrons. The summed E-state index contributed by atoms with van der Waals surface area (Å²) in [5.74, 6) is 0. The molecule has 0 fully saturated rings. The molecule has 0 heterocycles. The van der Waals surface area contributed by atoms with E-state index in [1.54, 1.807) is 60.7 Å². The Bertz CT molecular complexity index is 1100. The lowest BCUT2D eigenvalue weighted by molar-refractivity contribution is 0.416. The van der Waals surface area contributed by atoms with Crippen LogP contribution in [-0.4, -0.2) is 44.1 Å². The first-order valence-electron chi connectivity index (χ1n) is 11.9. The molecule has 0 amide bonds. The molecule has 0 bridgehead atoms. The van der Waals surface area contributed by atoms with Gasteiger partial charge in [0.2, 0.25) is 0 Å². The van der Waals surface area contributed by atoms with Gasteiger partial charge < -0.3 is 10.6 Å². The minimum Gasteiger partial charge on any atom is -0.363 e. The summed E-state index contributed by atoms with van der Waals surface area (Å²) in [6, 6.07) is 17.4. The van der Waals surface area contributed by atoms with Crippen LogP contribution in [0.3, 0.4) is 0 Å². The number of nitrogens with one attached hydrogen (secondary N) is 2. The molecular weight excluding hydrogens is 520 g/mol. The van der Waals surface area contributed by atoms with Gasteiger partial charge in [0.25, 0.3) is 20.2 Å². The van der Waals surface area contributed by atoms with Crippen molar-refractivity contribution in [2.24, 2.45) is 0 Å². The average Bonchev–Trinajstić information content (AvgIpc) is 2.83. The summed E-state index contributed by atoms with van der Waals surface area (Å²) in [6.45, 7) is 4.14. The standard InChI is InChI=1S/C25H36N2O6S3/c1-24(35(28,29)30,21-13-5-3-6-14-21)17-9-11-19-26-23(34)27-20-12-10-18-25(2,36(31,32)33)22-15-7-4-8-16-22/h3-8,13-16H,9-12,17-20H2,1-2H3,(H2,26,27,34)(H,28,29,30)(H,31,32,33). The van der Waals surface area contributed by atoms with Gasteiger partial charge in [-0.3, -0.25) is 9.11 Å². The summed E-state index contributed by atoms with van der Waals surface area (Å²) in [4.78, 5) is 0. The van der Waals surface area contributed by atoms with Crippen molar-refractivity contribution in [3.63, 3.8) is 0 Å². The maximum Gasteiger partial charge on any atom is 0.274 e. The zero-order valence-electron chi connectivity index (χ0n) is 20.7. The van der Waals surface area contributed by atoms with E-state index in [4.69, 9.17) is 12.2 Å². The molecular formula is C25H36N2O6S3. The fourth-order valence-corrected chi connectivity index (χ4v) is 5.94. The first-order chi connectivity index (χ1) is 16.8. The molecule has 11 heteroatoms. The molecule has 0 aliphatic rings. The Morgan fingerprint density at radius 2 is 1.03 bits per heavy atom. The zero-order chi connectivity index (χ0) is 26.9. The zero-order valence-corrected chi connectivity index (χ0v) is 23.1. The van der Waals surface area contributed by atoms with E-state index in [2.05, 4.69) is 10.6 Å². The van der Waals surface area contributed by atoms with E-state index >= 15 is 0 Å². The van der Waals surface area contributed by atoms with E-state index in [0.29, 0.717) is 55.0 Å². The van der Waals surface area contributed by atoms with E-state index in [1.807, 2.05) is 0 Å². The van der Waals surface area contributed by atoms with Gasteiger partial charge in [0.05, 0.1) is 0 Å². The maximum atomic E-state index is 12.1. The summed E-state index contributed by atoms with van der Waals surface area (Å²) in [7, 11) is -8.58. The smallest absolute Gasteiger partial charge is 0.274 e. The third kappa shape index (κ3) is 7.97. The van der Waals surface area contributed by atoms with Gasteiger partial charge in [-0.2, -0.15) is 16.8 Å². The molecule has 0 aliphatic carbocycles. The summed E-state index contributed by atoms with van der Waals surface area (Å²) >= 11 is 5.28. The van der Waals surface area contributed by atoms with Gasteiger partial charge in [0.15, 0.2) is 5.11 Å². The average molecular weight is 557 g/mol. The van der Waals surface area contributed by atoms with Crippen LogP contribution < -0.4 is 10.6 Å². The Kier molecular flexibility index (Phi) is 10.9. The van der Waals surface area contributed by atoms with Crippen molar-refractivity contribution in [1.29, 1.82) is 0 Å². The fraction of sp³-hybridized carbons (Fsp3) is 0.480. The Balaban J connectivity index is 1.72. The number of thiocarbonyl (C=S) groups is 1. The van der Waals surface area contributed by atoms with Crippen LogP contribution in [0.15, 0.2) is 60.7 Å². The van der Waals surface area contributed by atoms with Crippen LogP contribution in [-0.2, 0) is 29.7 Å². The molecule has 0 aliphatic heterocycles. The third-order valence-electron chi connectivity index (χ3n) is 6.64. The van der Waals surface area contributed by atoms with Crippen molar-refractivity contribution in [3.05, 3.63) is 71.8 Å². The molecule has 0 aromatic heterocycles. The Hall–Kier alpha value is -2.05. The highest BCUT2D eigenvalue weighted by atomic mass is 32.2. The van der Waals surface area contributed by atoms with Crippen LogP contribution in [0.1, 0.15) is 63.5 Å². The molecule has 2 unspecified atom stereocenters. The molecule has 2 aromatic rings. The van der Waals surface area contributed by atoms with Crippen LogP contribution in [0.5, 0.6) is 0 Å². The van der Waals surface area contributed by atoms with Crippen LogP contribution >= 0.6 is 12.2 Å². The molecule has 36 heavy (non-hydrogen) atoms. The normalized spacial score (nSPS) is 15.4. The highest BCUT2D eigenvalue weighted by Crippen LogP contribution is 2.35. The SMILES string of the molecule is CC(CCCCNC(=S)NCCCCC(C)(c1ccccc1)S(=O)(=O)O)(c1ccccc1)S(=O)(=O)O. The fourth-order valence-electron chi connectivity index (χ4n) is 4.07. The van der Waals surface area contributed by atoms with Crippen LogP contribution in [0.2, 0.25) is 0 Å². The number of hydrogen-bond acceptors (Lipinski definition) is 5. The minimum absolute atomic E-state index is 0.270. The van der Waals surface area contributed by atoms with E-state index in [-0.39, 0.29) is 12.8 Å². The van der Waals surface area contributed by atoms with Crippen LogP contribution in [0.4, 0.5) is 0 Å². The minimum atomic E-state index is -4.29. The van der Waals surface area contributed by atoms with Gasteiger partial charge in [-0.25, -0.2) is 0 Å². The summed E-state index contributed by atoms with van der Waals surface area (Å²) in [5.41, 5.74) is 1.10. The van der Waals surface area contributed by atoms with E-state index < -0.39 is 29.7 Å². The topological polar surface area (TPSA) is 133 Å².